The molecule has 0 radical (unpaired) electrons. The van der Waals surface area contributed by atoms with Crippen LogP contribution < -0.4 is 0 Å². The first kappa shape index (κ1) is 13.4. The van der Waals surface area contributed by atoms with E-state index in [0.29, 0.717) is 24.3 Å². The third-order valence-electron chi connectivity index (χ3n) is 4.40. The molecule has 4 nitrogen and oxygen atoms in total. The van der Waals surface area contributed by atoms with E-state index in [1.807, 2.05) is 15.8 Å². The van der Waals surface area contributed by atoms with Crippen LogP contribution in [0.3, 0.4) is 0 Å². The summed E-state index contributed by atoms with van der Waals surface area (Å²) in [5, 5.41) is 4.40. The molecule has 0 unspecified atom stereocenters. The second-order valence-corrected chi connectivity index (χ2v) is 6.10. The van der Waals surface area contributed by atoms with Crippen LogP contribution in [0.4, 0.5) is 0 Å². The van der Waals surface area contributed by atoms with Crippen molar-refractivity contribution in [1.82, 2.24) is 14.7 Å². The molecule has 20 heavy (non-hydrogen) atoms. The number of hydrogen-bond acceptors (Lipinski definition) is 2. The molecular weight excluding hydrogens is 250 g/mol. The lowest BCUT2D eigenvalue weighted by molar-refractivity contribution is -0.133. The number of carbonyl (C=O) groups excluding carboxylic acids is 1. The van der Waals surface area contributed by atoms with Gasteiger partial charge in [-0.25, -0.2) is 0 Å². The molecule has 1 aliphatic heterocycles. The molecule has 2 heterocycles. The highest BCUT2D eigenvalue weighted by molar-refractivity contribution is 5.76. The number of rotatable bonds is 3. The summed E-state index contributed by atoms with van der Waals surface area (Å²) >= 11 is 0. The van der Waals surface area contributed by atoms with Gasteiger partial charge in [-0.05, 0) is 44.1 Å². The molecule has 1 saturated heterocycles. The summed E-state index contributed by atoms with van der Waals surface area (Å²) in [4.78, 5) is 14.4. The Morgan fingerprint density at radius 1 is 1.45 bits per heavy atom. The van der Waals surface area contributed by atoms with E-state index >= 15 is 0 Å². The van der Waals surface area contributed by atoms with E-state index in [4.69, 9.17) is 0 Å². The third kappa shape index (κ3) is 2.94. The molecule has 0 aromatic carbocycles. The molecule has 4 heteroatoms. The van der Waals surface area contributed by atoms with E-state index in [1.165, 1.54) is 5.56 Å². The Morgan fingerprint density at radius 2 is 2.35 bits per heavy atom. The first-order chi connectivity index (χ1) is 9.72. The summed E-state index contributed by atoms with van der Waals surface area (Å²) in [6, 6.07) is 0.348. The molecule has 2 aliphatic rings. The van der Waals surface area contributed by atoms with Gasteiger partial charge in [0.2, 0.25) is 5.91 Å². The highest BCUT2D eigenvalue weighted by Gasteiger charge is 2.26. The minimum Gasteiger partial charge on any atom is -0.341 e. The number of nitrogens with zero attached hydrogens (tertiary/aromatic N) is 3. The Balaban J connectivity index is 1.59. The second kappa shape index (κ2) is 5.81. The second-order valence-electron chi connectivity index (χ2n) is 6.10. The normalized spacial score (nSPS) is 26.1. The van der Waals surface area contributed by atoms with Crippen molar-refractivity contribution in [3.05, 3.63) is 30.1 Å². The van der Waals surface area contributed by atoms with Gasteiger partial charge in [0.05, 0.1) is 12.2 Å². The largest absolute Gasteiger partial charge is 0.341 e. The molecule has 0 spiro atoms. The van der Waals surface area contributed by atoms with Gasteiger partial charge in [0.25, 0.3) is 0 Å². The number of aromatic nitrogens is 2. The van der Waals surface area contributed by atoms with E-state index in [1.54, 1.807) is 0 Å². The van der Waals surface area contributed by atoms with Crippen molar-refractivity contribution in [2.24, 2.45) is 5.92 Å². The summed E-state index contributed by atoms with van der Waals surface area (Å²) in [5.41, 5.74) is 1.18. The van der Waals surface area contributed by atoms with Crippen molar-refractivity contribution >= 4 is 5.91 Å². The van der Waals surface area contributed by atoms with Gasteiger partial charge in [0, 0.05) is 25.7 Å². The predicted molar refractivity (Wildman–Crippen MR) is 78.3 cm³/mol. The number of amides is 1. The number of aryl methyl sites for hydroxylation is 1. The first-order valence-electron chi connectivity index (χ1n) is 7.67. The molecule has 1 aromatic rings. The summed E-state index contributed by atoms with van der Waals surface area (Å²) in [7, 11) is 0. The summed E-state index contributed by atoms with van der Waals surface area (Å²) in [5.74, 6) is 0.782. The van der Waals surface area contributed by atoms with Crippen molar-refractivity contribution in [2.45, 2.75) is 45.1 Å². The number of piperidine rings is 1. The number of carbonyl (C=O) groups is 1. The Morgan fingerprint density at radius 3 is 3.05 bits per heavy atom. The smallest absolute Gasteiger partial charge is 0.223 e. The number of allylic oxidation sites excluding steroid dienone is 2. The van der Waals surface area contributed by atoms with E-state index in [9.17, 15) is 4.79 Å². The quantitative estimate of drug-likeness (QED) is 0.794. The van der Waals surface area contributed by atoms with Crippen molar-refractivity contribution in [1.29, 1.82) is 0 Å². The topological polar surface area (TPSA) is 38.1 Å². The van der Waals surface area contributed by atoms with Crippen LogP contribution in [0.2, 0.25) is 0 Å². The average Bonchev–Trinajstić information content (AvgIpc) is 3.10. The number of likely N-dealkylation sites (tertiary alicyclic amines) is 1. The Bertz CT molecular complexity index is 506. The van der Waals surface area contributed by atoms with E-state index in [-0.39, 0.29) is 0 Å². The van der Waals surface area contributed by atoms with Gasteiger partial charge in [0.1, 0.15) is 0 Å². The lowest BCUT2D eigenvalue weighted by Gasteiger charge is -2.33. The van der Waals surface area contributed by atoms with Crippen LogP contribution in [0.15, 0.2) is 24.5 Å². The van der Waals surface area contributed by atoms with Crippen LogP contribution in [0.5, 0.6) is 0 Å². The minimum atomic E-state index is 0.315. The van der Waals surface area contributed by atoms with Gasteiger partial charge in [-0.2, -0.15) is 5.10 Å². The van der Waals surface area contributed by atoms with Crippen LogP contribution in [-0.4, -0.2) is 33.7 Å². The van der Waals surface area contributed by atoms with E-state index < -0.39 is 0 Å². The molecule has 0 saturated carbocycles. The lowest BCUT2D eigenvalue weighted by Crippen LogP contribution is -2.41. The fourth-order valence-electron chi connectivity index (χ4n) is 3.25. The molecule has 108 valence electrons. The predicted octanol–water partition coefficient (Wildman–Crippen LogP) is 2.71. The highest BCUT2D eigenvalue weighted by atomic mass is 16.2. The van der Waals surface area contributed by atoms with Gasteiger partial charge < -0.3 is 4.90 Å². The Kier molecular flexibility index (Phi) is 3.90. The summed E-state index contributed by atoms with van der Waals surface area (Å²) in [6.07, 6.45) is 13.5. The Labute approximate surface area is 120 Å². The van der Waals surface area contributed by atoms with Crippen LogP contribution in [-0.2, 0) is 4.79 Å². The molecule has 0 bridgehead atoms. The SMILES string of the molecule is Cc1cnn([C@H]2CCCN(C(=O)C[C@H]3C=CCC3)C2)c1. The van der Waals surface area contributed by atoms with E-state index in [0.717, 1.165) is 38.8 Å². The van der Waals surface area contributed by atoms with Crippen molar-refractivity contribution in [2.75, 3.05) is 13.1 Å². The van der Waals surface area contributed by atoms with E-state index in [2.05, 4.69) is 30.4 Å². The van der Waals surface area contributed by atoms with Gasteiger partial charge in [-0.15, -0.1) is 0 Å². The van der Waals surface area contributed by atoms with Gasteiger partial charge in [0.15, 0.2) is 0 Å². The molecular formula is C16H23N3O. The fourth-order valence-corrected chi connectivity index (χ4v) is 3.25. The maximum atomic E-state index is 12.4. The maximum absolute atomic E-state index is 12.4. The third-order valence-corrected chi connectivity index (χ3v) is 4.40. The summed E-state index contributed by atoms with van der Waals surface area (Å²) < 4.78 is 2.03. The first-order valence-corrected chi connectivity index (χ1v) is 7.67. The van der Waals surface area contributed by atoms with Gasteiger partial charge in [-0.1, -0.05) is 12.2 Å². The van der Waals surface area contributed by atoms with Gasteiger partial charge in [-0.3, -0.25) is 9.48 Å². The molecule has 1 fully saturated rings. The van der Waals surface area contributed by atoms with Crippen molar-refractivity contribution in [3.8, 4) is 0 Å². The van der Waals surface area contributed by atoms with Crippen LogP contribution in [0, 0.1) is 12.8 Å². The monoisotopic (exact) mass is 273 g/mol. The lowest BCUT2D eigenvalue weighted by atomic mass is 10.0. The molecule has 3 rings (SSSR count). The molecule has 1 amide bonds. The zero-order valence-corrected chi connectivity index (χ0v) is 12.2. The maximum Gasteiger partial charge on any atom is 0.223 e. The molecule has 2 atom stereocenters. The zero-order valence-electron chi connectivity index (χ0n) is 12.2. The minimum absolute atomic E-state index is 0.315. The fraction of sp³-hybridized carbons (Fsp3) is 0.625. The van der Waals surface area contributed by atoms with Crippen molar-refractivity contribution in [3.63, 3.8) is 0 Å². The van der Waals surface area contributed by atoms with Gasteiger partial charge >= 0.3 is 0 Å². The standard InChI is InChI=1S/C16H23N3O/c1-13-10-17-19(11-13)15-7-4-8-18(12-15)16(20)9-14-5-2-3-6-14/h2,5,10-11,14-15H,3-4,6-9,12H2,1H3/t14-,15-/m0/s1. The van der Waals surface area contributed by atoms with Crippen LogP contribution in [0.1, 0.15) is 43.7 Å². The highest BCUT2D eigenvalue weighted by Crippen LogP contribution is 2.25. The molecule has 1 aromatic heterocycles. The number of hydrogen-bond donors (Lipinski definition) is 0. The molecule has 1 aliphatic carbocycles. The Hall–Kier alpha value is -1.58. The van der Waals surface area contributed by atoms with Crippen LogP contribution >= 0.6 is 0 Å². The average molecular weight is 273 g/mol. The summed E-state index contributed by atoms with van der Waals surface area (Å²) in [6.45, 7) is 3.78. The van der Waals surface area contributed by atoms with Crippen LogP contribution in [0.25, 0.3) is 0 Å². The molecule has 0 N–H and O–H groups in total. The van der Waals surface area contributed by atoms with Crippen molar-refractivity contribution < 1.29 is 4.79 Å². The zero-order chi connectivity index (χ0) is 13.9.